The third-order valence-corrected chi connectivity index (χ3v) is 4.68. The van der Waals surface area contributed by atoms with Gasteiger partial charge in [0.25, 0.3) is 0 Å². The monoisotopic (exact) mass is 304 g/mol. The Hall–Kier alpha value is -1.45. The van der Waals surface area contributed by atoms with Crippen molar-refractivity contribution in [3.63, 3.8) is 0 Å². The van der Waals surface area contributed by atoms with Crippen molar-refractivity contribution in [2.45, 2.75) is 10.8 Å². The first-order chi connectivity index (χ1) is 9.74. The number of Topliss-reactive ketones (excluding diaryl/α,β-unsaturated/α-hetero) is 1. The van der Waals surface area contributed by atoms with Crippen LogP contribution in [0.4, 0.5) is 0 Å². The van der Waals surface area contributed by atoms with Crippen molar-refractivity contribution in [1.29, 1.82) is 0 Å². The lowest BCUT2D eigenvalue weighted by molar-refractivity contribution is -0.122. The fourth-order valence-corrected chi connectivity index (χ4v) is 3.65. The summed E-state index contributed by atoms with van der Waals surface area (Å²) in [6, 6.07) is 15.1. The van der Waals surface area contributed by atoms with Crippen LogP contribution in [0, 0.1) is 0 Å². The summed E-state index contributed by atoms with van der Waals surface area (Å²) in [7, 11) is 0. The summed E-state index contributed by atoms with van der Waals surface area (Å²) < 4.78 is 5.53. The Labute approximate surface area is 127 Å². The molecule has 1 atom stereocenters. The molecule has 3 rings (SSSR count). The topological polar surface area (TPSA) is 26.3 Å². The van der Waals surface area contributed by atoms with Gasteiger partial charge in [0.1, 0.15) is 12.4 Å². The lowest BCUT2D eigenvalue weighted by Gasteiger charge is -2.11. The van der Waals surface area contributed by atoms with Crippen molar-refractivity contribution < 1.29 is 9.53 Å². The molecule has 2 aromatic rings. The van der Waals surface area contributed by atoms with Gasteiger partial charge in [0.05, 0.1) is 5.92 Å². The Balaban J connectivity index is 1.69. The van der Waals surface area contributed by atoms with Gasteiger partial charge in [-0.15, -0.1) is 11.8 Å². The second kappa shape index (κ2) is 5.90. The van der Waals surface area contributed by atoms with Crippen LogP contribution in [0.5, 0.6) is 5.75 Å². The number of hydrogen-bond acceptors (Lipinski definition) is 3. The number of fused-ring (bicyclic) bond motifs is 1. The smallest absolute Gasteiger partial charge is 0.178 e. The molecule has 1 aliphatic heterocycles. The molecule has 102 valence electrons. The summed E-state index contributed by atoms with van der Waals surface area (Å²) >= 11 is 7.71. The first-order valence-corrected chi connectivity index (χ1v) is 7.73. The first kappa shape index (κ1) is 13.5. The zero-order valence-electron chi connectivity index (χ0n) is 10.7. The van der Waals surface area contributed by atoms with Crippen LogP contribution in [-0.2, 0) is 4.79 Å². The summed E-state index contributed by atoms with van der Waals surface area (Å²) in [5.74, 6) is 1.48. The van der Waals surface area contributed by atoms with Gasteiger partial charge in [-0.2, -0.15) is 0 Å². The fraction of sp³-hybridized carbons (Fsp3) is 0.188. The van der Waals surface area contributed by atoms with Crippen LogP contribution in [0.3, 0.4) is 0 Å². The average Bonchev–Trinajstić information content (AvgIpc) is 2.89. The van der Waals surface area contributed by atoms with Crippen LogP contribution >= 0.6 is 23.4 Å². The molecule has 1 aliphatic rings. The third kappa shape index (κ3) is 2.84. The van der Waals surface area contributed by atoms with Gasteiger partial charge >= 0.3 is 0 Å². The quantitative estimate of drug-likeness (QED) is 0.847. The van der Waals surface area contributed by atoms with E-state index in [1.165, 1.54) is 0 Å². The van der Waals surface area contributed by atoms with Gasteiger partial charge in [-0.3, -0.25) is 4.79 Å². The minimum atomic E-state index is -0.114. The summed E-state index contributed by atoms with van der Waals surface area (Å²) in [5.41, 5.74) is 1.03. The molecule has 0 fully saturated rings. The Morgan fingerprint density at radius 2 is 2.05 bits per heavy atom. The van der Waals surface area contributed by atoms with Crippen LogP contribution < -0.4 is 4.74 Å². The van der Waals surface area contributed by atoms with E-state index in [4.69, 9.17) is 16.3 Å². The lowest BCUT2D eigenvalue weighted by Crippen LogP contribution is -2.20. The molecule has 0 aromatic heterocycles. The molecular weight excluding hydrogens is 292 g/mol. The van der Waals surface area contributed by atoms with Gasteiger partial charge in [-0.1, -0.05) is 29.8 Å². The van der Waals surface area contributed by atoms with Crippen molar-refractivity contribution in [1.82, 2.24) is 0 Å². The second-order valence-corrected chi connectivity index (χ2v) is 6.11. The molecule has 1 unspecified atom stereocenters. The highest BCUT2D eigenvalue weighted by molar-refractivity contribution is 7.99. The van der Waals surface area contributed by atoms with Crippen LogP contribution in [0.15, 0.2) is 53.4 Å². The Kier molecular flexibility index (Phi) is 3.99. The molecule has 2 nitrogen and oxygen atoms in total. The van der Waals surface area contributed by atoms with E-state index in [1.807, 2.05) is 48.5 Å². The predicted octanol–water partition coefficient (Wildman–Crippen LogP) is 4.18. The molecule has 0 N–H and O–H groups in total. The number of ether oxygens (including phenoxy) is 1. The van der Waals surface area contributed by atoms with E-state index < -0.39 is 0 Å². The second-order valence-electron chi connectivity index (χ2n) is 4.61. The van der Waals surface area contributed by atoms with E-state index in [1.54, 1.807) is 11.8 Å². The highest BCUT2D eigenvalue weighted by Gasteiger charge is 2.29. The number of rotatable bonds is 4. The maximum atomic E-state index is 12.3. The largest absolute Gasteiger partial charge is 0.486 e. The summed E-state index contributed by atoms with van der Waals surface area (Å²) in [4.78, 5) is 13.5. The lowest BCUT2D eigenvalue weighted by atomic mass is 9.97. The fourth-order valence-electron chi connectivity index (χ4n) is 2.22. The number of halogens is 1. The molecule has 1 heterocycles. The molecular formula is C16H13ClO2S. The SMILES string of the molecule is O=C(COc1ccccc1)C1CSc2ccc(Cl)cc21. The number of para-hydroxylation sites is 1. The number of carbonyl (C=O) groups is 1. The standard InChI is InChI=1S/C16H13ClO2S/c17-11-6-7-16-13(8-11)14(10-20-16)15(18)9-19-12-4-2-1-3-5-12/h1-8,14H,9-10H2. The zero-order chi connectivity index (χ0) is 13.9. The summed E-state index contributed by atoms with van der Waals surface area (Å²) in [6.07, 6.45) is 0. The Morgan fingerprint density at radius 1 is 1.25 bits per heavy atom. The average molecular weight is 305 g/mol. The van der Waals surface area contributed by atoms with Gasteiger partial charge in [0.2, 0.25) is 0 Å². The third-order valence-electron chi connectivity index (χ3n) is 3.27. The van der Waals surface area contributed by atoms with E-state index in [9.17, 15) is 4.79 Å². The normalized spacial score (nSPS) is 16.8. The van der Waals surface area contributed by atoms with Gasteiger partial charge in [-0.05, 0) is 35.9 Å². The number of thioether (sulfide) groups is 1. The van der Waals surface area contributed by atoms with Crippen LogP contribution in [0.2, 0.25) is 5.02 Å². The molecule has 20 heavy (non-hydrogen) atoms. The Morgan fingerprint density at radius 3 is 2.85 bits per heavy atom. The Bertz CT molecular complexity index is 628. The number of carbonyl (C=O) groups excluding carboxylic acids is 1. The summed E-state index contributed by atoms with van der Waals surface area (Å²) in [5, 5.41) is 0.674. The van der Waals surface area contributed by atoms with Crippen molar-refractivity contribution >= 4 is 29.1 Å². The molecule has 0 saturated heterocycles. The molecule has 0 radical (unpaired) electrons. The van der Waals surface area contributed by atoms with Gasteiger partial charge in [0, 0.05) is 15.7 Å². The van der Waals surface area contributed by atoms with E-state index >= 15 is 0 Å². The number of benzene rings is 2. The number of ketones is 1. The van der Waals surface area contributed by atoms with E-state index in [2.05, 4.69) is 0 Å². The maximum Gasteiger partial charge on any atom is 0.178 e. The van der Waals surface area contributed by atoms with E-state index in [0.29, 0.717) is 5.02 Å². The molecule has 0 spiro atoms. The van der Waals surface area contributed by atoms with Crippen LogP contribution in [0.1, 0.15) is 11.5 Å². The molecule has 0 saturated carbocycles. The highest BCUT2D eigenvalue weighted by atomic mass is 35.5. The zero-order valence-corrected chi connectivity index (χ0v) is 12.3. The molecule has 2 aromatic carbocycles. The molecule has 0 amide bonds. The minimum Gasteiger partial charge on any atom is -0.486 e. The minimum absolute atomic E-state index is 0.0984. The number of hydrogen-bond donors (Lipinski definition) is 0. The van der Waals surface area contributed by atoms with Gasteiger partial charge in [-0.25, -0.2) is 0 Å². The summed E-state index contributed by atoms with van der Waals surface area (Å²) in [6.45, 7) is 0.0984. The molecule has 0 bridgehead atoms. The van der Waals surface area contributed by atoms with Crippen LogP contribution in [0.25, 0.3) is 0 Å². The molecule has 4 heteroatoms. The molecule has 0 aliphatic carbocycles. The van der Waals surface area contributed by atoms with Gasteiger partial charge in [0.15, 0.2) is 5.78 Å². The van der Waals surface area contributed by atoms with Crippen LogP contribution in [-0.4, -0.2) is 18.1 Å². The van der Waals surface area contributed by atoms with E-state index in [-0.39, 0.29) is 18.3 Å². The first-order valence-electron chi connectivity index (χ1n) is 6.37. The van der Waals surface area contributed by atoms with Crippen molar-refractivity contribution in [2.75, 3.05) is 12.4 Å². The van der Waals surface area contributed by atoms with Crippen molar-refractivity contribution in [2.24, 2.45) is 0 Å². The van der Waals surface area contributed by atoms with Crippen molar-refractivity contribution in [3.05, 3.63) is 59.1 Å². The predicted molar refractivity (Wildman–Crippen MR) is 81.9 cm³/mol. The van der Waals surface area contributed by atoms with E-state index in [0.717, 1.165) is 22.0 Å². The van der Waals surface area contributed by atoms with Crippen molar-refractivity contribution in [3.8, 4) is 5.75 Å². The maximum absolute atomic E-state index is 12.3. The van der Waals surface area contributed by atoms with Gasteiger partial charge < -0.3 is 4.74 Å². The highest BCUT2D eigenvalue weighted by Crippen LogP contribution is 2.41.